The number of benzene rings is 8. The third kappa shape index (κ3) is 5.82. The molecular weight excluding hydrogens is 695 g/mol. The molecule has 2 heterocycles. The van der Waals surface area contributed by atoms with Gasteiger partial charge in [0, 0.05) is 33.4 Å². The van der Waals surface area contributed by atoms with E-state index in [2.05, 4.69) is 133 Å². The summed E-state index contributed by atoms with van der Waals surface area (Å²) in [5.74, 6) is 2.19. The summed E-state index contributed by atoms with van der Waals surface area (Å²) in [4.78, 5) is 15.1. The maximum Gasteiger partial charge on any atom is 0.164 e. The highest BCUT2D eigenvalue weighted by Crippen LogP contribution is 2.46. The first-order valence-corrected chi connectivity index (χ1v) is 19.4. The molecule has 268 valence electrons. The number of aromatic nitrogens is 3. The number of fused-ring (bicyclic) bond motifs is 6. The van der Waals surface area contributed by atoms with Crippen LogP contribution in [0.1, 0.15) is 22.6 Å². The van der Waals surface area contributed by atoms with Gasteiger partial charge in [0.05, 0.1) is 0 Å². The van der Waals surface area contributed by atoms with Gasteiger partial charge in [-0.05, 0) is 80.8 Å². The zero-order valence-corrected chi connectivity index (χ0v) is 31.0. The van der Waals surface area contributed by atoms with Crippen molar-refractivity contribution in [3.63, 3.8) is 0 Å². The van der Waals surface area contributed by atoms with Crippen molar-refractivity contribution in [2.24, 2.45) is 0 Å². The van der Waals surface area contributed by atoms with Gasteiger partial charge in [0.15, 0.2) is 17.5 Å². The van der Waals surface area contributed by atoms with Crippen LogP contribution >= 0.6 is 0 Å². The molecule has 0 bridgehead atoms. The Labute approximate surface area is 330 Å². The number of rotatable bonds is 6. The topological polar surface area (TPSA) is 51.8 Å². The van der Waals surface area contributed by atoms with Crippen molar-refractivity contribution < 1.29 is 4.42 Å². The van der Waals surface area contributed by atoms with Gasteiger partial charge in [-0.15, -0.1) is 0 Å². The van der Waals surface area contributed by atoms with Gasteiger partial charge in [0.25, 0.3) is 0 Å². The Morgan fingerprint density at radius 1 is 0.386 bits per heavy atom. The van der Waals surface area contributed by atoms with Crippen LogP contribution in [0.25, 0.3) is 89.5 Å². The third-order valence-electron chi connectivity index (χ3n) is 11.3. The van der Waals surface area contributed by atoms with E-state index in [1.54, 1.807) is 0 Å². The summed E-state index contributed by atoms with van der Waals surface area (Å²) in [5.41, 5.74) is 15.6. The van der Waals surface area contributed by atoms with Gasteiger partial charge < -0.3 is 4.42 Å². The summed E-state index contributed by atoms with van der Waals surface area (Å²) in [6.07, 6.45) is 0.995. The number of furan rings is 1. The largest absolute Gasteiger partial charge is 0.456 e. The van der Waals surface area contributed by atoms with Crippen LogP contribution in [-0.2, 0) is 6.42 Å². The first-order valence-electron chi connectivity index (χ1n) is 19.4. The summed E-state index contributed by atoms with van der Waals surface area (Å²) >= 11 is 0. The SMILES string of the molecule is c1ccc(-c2nc(-c3ccccc3)nc(-c3ccccc3-c3cccc4oc5ccc(-c6ccc7c(c6)-c6ccccc6CC7c6ccccc6)cc5c34)n2)cc1. The minimum absolute atomic E-state index is 0.310. The summed E-state index contributed by atoms with van der Waals surface area (Å²) in [6, 6.07) is 68.3. The normalized spacial score (nSPS) is 13.4. The molecule has 4 nitrogen and oxygen atoms in total. The second-order valence-corrected chi connectivity index (χ2v) is 14.7. The lowest BCUT2D eigenvalue weighted by atomic mass is 9.75. The lowest BCUT2D eigenvalue weighted by Crippen LogP contribution is -2.12. The minimum Gasteiger partial charge on any atom is -0.456 e. The molecule has 1 aliphatic carbocycles. The molecule has 0 saturated carbocycles. The Balaban J connectivity index is 1.06. The molecule has 1 unspecified atom stereocenters. The van der Waals surface area contributed by atoms with Crippen molar-refractivity contribution in [2.75, 3.05) is 0 Å². The van der Waals surface area contributed by atoms with Crippen molar-refractivity contribution in [3.05, 3.63) is 211 Å². The molecule has 0 aliphatic heterocycles. The van der Waals surface area contributed by atoms with Crippen molar-refractivity contribution in [2.45, 2.75) is 12.3 Å². The average molecular weight is 730 g/mol. The minimum atomic E-state index is 0.310. The van der Waals surface area contributed by atoms with E-state index in [1.165, 1.54) is 33.4 Å². The predicted octanol–water partition coefficient (Wildman–Crippen LogP) is 13.5. The third-order valence-corrected chi connectivity index (χ3v) is 11.3. The van der Waals surface area contributed by atoms with Gasteiger partial charge in [-0.2, -0.15) is 0 Å². The van der Waals surface area contributed by atoms with Gasteiger partial charge in [-0.1, -0.05) is 170 Å². The first kappa shape index (κ1) is 33.0. The fourth-order valence-corrected chi connectivity index (χ4v) is 8.62. The molecule has 2 aromatic heterocycles. The zero-order valence-electron chi connectivity index (χ0n) is 31.0. The van der Waals surface area contributed by atoms with E-state index >= 15 is 0 Å². The fraction of sp³-hybridized carbons (Fsp3) is 0.0377. The molecular formula is C53H35N3O. The van der Waals surface area contributed by atoms with Gasteiger partial charge in [0.2, 0.25) is 0 Å². The summed E-state index contributed by atoms with van der Waals surface area (Å²) in [5, 5.41) is 2.13. The van der Waals surface area contributed by atoms with Crippen molar-refractivity contribution >= 4 is 21.9 Å². The number of hydrogen-bond donors (Lipinski definition) is 0. The molecule has 4 heteroatoms. The molecule has 0 N–H and O–H groups in total. The van der Waals surface area contributed by atoms with Crippen molar-refractivity contribution in [1.29, 1.82) is 0 Å². The van der Waals surface area contributed by atoms with E-state index in [4.69, 9.17) is 19.4 Å². The van der Waals surface area contributed by atoms with Crippen LogP contribution in [0.4, 0.5) is 0 Å². The summed E-state index contributed by atoms with van der Waals surface area (Å²) in [6.45, 7) is 0. The zero-order chi connectivity index (χ0) is 37.7. The van der Waals surface area contributed by atoms with Crippen LogP contribution in [0, 0.1) is 0 Å². The highest BCUT2D eigenvalue weighted by molar-refractivity contribution is 6.14. The Kier molecular flexibility index (Phi) is 7.92. The lowest BCUT2D eigenvalue weighted by molar-refractivity contribution is 0.669. The summed E-state index contributed by atoms with van der Waals surface area (Å²) in [7, 11) is 0. The van der Waals surface area contributed by atoms with Crippen molar-refractivity contribution in [3.8, 4) is 67.5 Å². The molecule has 1 atom stereocenters. The van der Waals surface area contributed by atoms with Gasteiger partial charge in [-0.3, -0.25) is 0 Å². The van der Waals surface area contributed by atoms with Crippen LogP contribution in [0.3, 0.4) is 0 Å². The Morgan fingerprint density at radius 3 is 1.70 bits per heavy atom. The smallest absolute Gasteiger partial charge is 0.164 e. The van der Waals surface area contributed by atoms with Crippen LogP contribution in [0.15, 0.2) is 199 Å². The quantitative estimate of drug-likeness (QED) is 0.171. The van der Waals surface area contributed by atoms with Crippen molar-refractivity contribution in [1.82, 2.24) is 15.0 Å². The average Bonchev–Trinajstić information content (AvgIpc) is 3.68. The molecule has 0 fully saturated rings. The predicted molar refractivity (Wildman–Crippen MR) is 232 cm³/mol. The highest BCUT2D eigenvalue weighted by atomic mass is 16.3. The van der Waals surface area contributed by atoms with Crippen LogP contribution in [0.2, 0.25) is 0 Å². The molecule has 0 amide bonds. The molecule has 8 aromatic carbocycles. The Bertz CT molecular complexity index is 3040. The molecule has 10 aromatic rings. The first-order chi connectivity index (χ1) is 28.2. The maximum atomic E-state index is 6.56. The Morgan fingerprint density at radius 2 is 0.965 bits per heavy atom. The highest BCUT2D eigenvalue weighted by Gasteiger charge is 2.26. The van der Waals surface area contributed by atoms with E-state index in [0.29, 0.717) is 23.4 Å². The van der Waals surface area contributed by atoms with E-state index < -0.39 is 0 Å². The van der Waals surface area contributed by atoms with Gasteiger partial charge in [0.1, 0.15) is 11.2 Å². The second kappa shape index (κ2) is 13.7. The van der Waals surface area contributed by atoms with Gasteiger partial charge >= 0.3 is 0 Å². The van der Waals surface area contributed by atoms with Crippen LogP contribution in [0.5, 0.6) is 0 Å². The van der Waals surface area contributed by atoms with E-state index in [9.17, 15) is 0 Å². The van der Waals surface area contributed by atoms with E-state index in [0.717, 1.165) is 61.7 Å². The molecule has 0 radical (unpaired) electrons. The van der Waals surface area contributed by atoms with Gasteiger partial charge in [-0.25, -0.2) is 15.0 Å². The molecule has 0 saturated heterocycles. The summed E-state index contributed by atoms with van der Waals surface area (Å²) < 4.78 is 6.56. The Hall–Kier alpha value is -7.43. The monoisotopic (exact) mass is 729 g/mol. The van der Waals surface area contributed by atoms with E-state index in [-0.39, 0.29) is 0 Å². The standard InChI is InChI=1S/C53H35N3O/c1-4-15-34(16-5-1)45-33-39-21-10-11-22-40(39)46-31-37(27-29-42(45)46)38-28-30-48-47(32-38)50-43(25-14-26-49(50)57-48)41-23-12-13-24-44(41)53-55-51(35-17-6-2-7-18-35)54-52(56-53)36-19-8-3-9-20-36/h1-32,45H,33H2. The maximum absolute atomic E-state index is 6.56. The lowest BCUT2D eigenvalue weighted by Gasteiger charge is -2.29. The fourth-order valence-electron chi connectivity index (χ4n) is 8.62. The molecule has 0 spiro atoms. The van der Waals surface area contributed by atoms with E-state index in [1.807, 2.05) is 60.7 Å². The molecule has 1 aliphatic rings. The molecule has 57 heavy (non-hydrogen) atoms. The number of hydrogen-bond acceptors (Lipinski definition) is 4. The number of nitrogens with zero attached hydrogens (tertiary/aromatic N) is 3. The van der Waals surface area contributed by atoms with Crippen LogP contribution in [-0.4, -0.2) is 15.0 Å². The molecule has 11 rings (SSSR count). The van der Waals surface area contributed by atoms with Crippen LogP contribution < -0.4 is 0 Å². The second-order valence-electron chi connectivity index (χ2n) is 14.7.